The Labute approximate surface area is 98.8 Å². The van der Waals surface area contributed by atoms with E-state index < -0.39 is 11.7 Å². The van der Waals surface area contributed by atoms with Gasteiger partial charge in [-0.25, -0.2) is 0 Å². The van der Waals surface area contributed by atoms with Crippen molar-refractivity contribution in [2.45, 2.75) is 44.8 Å². The van der Waals surface area contributed by atoms with Crippen LogP contribution in [0.15, 0.2) is 0 Å². The number of hydrogen-bond acceptors (Lipinski definition) is 3. The number of β-amino-alcohol motifs (C(OH)–C–C–N with tert-alkyl or cyclic N) is 1. The second-order valence-electron chi connectivity index (χ2n) is 4.70. The molecule has 1 aliphatic heterocycles. The maximum atomic E-state index is 9.83. The smallest absolute Gasteiger partial charge is 0.125 e. The Morgan fingerprint density at radius 2 is 2.12 bits per heavy atom. The van der Waals surface area contributed by atoms with Crippen LogP contribution in [0.3, 0.4) is 0 Å². The lowest BCUT2D eigenvalue weighted by Gasteiger charge is -2.26. The Kier molecular flexibility index (Phi) is 5.27. The van der Waals surface area contributed by atoms with Crippen molar-refractivity contribution in [3.05, 3.63) is 0 Å². The highest BCUT2D eigenvalue weighted by Gasteiger charge is 2.22. The standard InChI is InChI=1S/C13H23NO2/c1-4-13(3,5-2)16-11-12(15)10-14-8-6-7-9-14/h1,12,15H,5-11H2,2-3H3/t12-,13-/m0/s1. The number of aliphatic hydroxyl groups is 1. The van der Waals surface area contributed by atoms with E-state index in [1.54, 1.807) is 0 Å². The molecule has 1 N–H and O–H groups in total. The largest absolute Gasteiger partial charge is 0.389 e. The number of rotatable bonds is 6. The molecule has 0 aliphatic carbocycles. The Hall–Kier alpha value is -0.560. The quantitative estimate of drug-likeness (QED) is 0.691. The van der Waals surface area contributed by atoms with Gasteiger partial charge in [-0.05, 0) is 39.3 Å². The molecule has 0 amide bonds. The van der Waals surface area contributed by atoms with Gasteiger partial charge in [0, 0.05) is 6.54 Å². The molecular formula is C13H23NO2. The lowest BCUT2D eigenvalue weighted by Crippen LogP contribution is -2.36. The molecule has 0 unspecified atom stereocenters. The van der Waals surface area contributed by atoms with Crippen LogP contribution in [0.4, 0.5) is 0 Å². The summed E-state index contributed by atoms with van der Waals surface area (Å²) in [5.74, 6) is 2.63. The number of aliphatic hydroxyl groups excluding tert-OH is 1. The third-order valence-electron chi connectivity index (χ3n) is 3.24. The predicted octanol–water partition coefficient (Wildman–Crippen LogP) is 1.26. The second-order valence-corrected chi connectivity index (χ2v) is 4.70. The Bertz CT molecular complexity index is 243. The van der Waals surface area contributed by atoms with Crippen molar-refractivity contribution in [3.63, 3.8) is 0 Å². The van der Waals surface area contributed by atoms with E-state index in [1.807, 2.05) is 13.8 Å². The van der Waals surface area contributed by atoms with Crippen LogP contribution >= 0.6 is 0 Å². The lowest BCUT2D eigenvalue weighted by molar-refractivity contribution is -0.0455. The van der Waals surface area contributed by atoms with Gasteiger partial charge in [-0.2, -0.15) is 0 Å². The van der Waals surface area contributed by atoms with Gasteiger partial charge in [-0.15, -0.1) is 6.42 Å². The molecule has 2 atom stereocenters. The van der Waals surface area contributed by atoms with Crippen molar-refractivity contribution < 1.29 is 9.84 Å². The molecule has 1 aliphatic rings. The summed E-state index contributed by atoms with van der Waals surface area (Å²) in [5.41, 5.74) is -0.536. The molecule has 0 aromatic carbocycles. The highest BCUT2D eigenvalue weighted by Crippen LogP contribution is 2.14. The Balaban J connectivity index is 2.23. The van der Waals surface area contributed by atoms with Gasteiger partial charge in [-0.3, -0.25) is 0 Å². The maximum absolute atomic E-state index is 9.83. The minimum Gasteiger partial charge on any atom is -0.389 e. The normalized spacial score (nSPS) is 22.6. The van der Waals surface area contributed by atoms with Gasteiger partial charge in [-0.1, -0.05) is 12.8 Å². The van der Waals surface area contributed by atoms with Crippen LogP contribution in [-0.4, -0.2) is 48.0 Å². The van der Waals surface area contributed by atoms with E-state index in [2.05, 4.69) is 10.8 Å². The van der Waals surface area contributed by atoms with Gasteiger partial charge in [0.05, 0.1) is 12.7 Å². The Morgan fingerprint density at radius 1 is 1.50 bits per heavy atom. The molecule has 0 aromatic heterocycles. The predicted molar refractivity (Wildman–Crippen MR) is 65.2 cm³/mol. The minimum absolute atomic E-state index is 0.324. The summed E-state index contributed by atoms with van der Waals surface area (Å²) in [7, 11) is 0. The van der Waals surface area contributed by atoms with Gasteiger partial charge in [0.15, 0.2) is 0 Å². The van der Waals surface area contributed by atoms with Crippen LogP contribution in [0.5, 0.6) is 0 Å². The molecule has 16 heavy (non-hydrogen) atoms. The first-order valence-corrected chi connectivity index (χ1v) is 6.12. The van der Waals surface area contributed by atoms with Crippen LogP contribution < -0.4 is 0 Å². The number of ether oxygens (including phenoxy) is 1. The fourth-order valence-corrected chi connectivity index (χ4v) is 1.84. The number of terminal acetylenes is 1. The third kappa shape index (κ3) is 4.13. The molecule has 3 nitrogen and oxygen atoms in total. The molecule has 1 saturated heterocycles. The first-order chi connectivity index (χ1) is 7.59. The molecule has 1 fully saturated rings. The summed E-state index contributed by atoms with van der Waals surface area (Å²) in [6.45, 7) is 7.09. The maximum Gasteiger partial charge on any atom is 0.125 e. The van der Waals surface area contributed by atoms with Gasteiger partial charge < -0.3 is 14.7 Å². The zero-order valence-electron chi connectivity index (χ0n) is 10.4. The molecule has 0 aromatic rings. The third-order valence-corrected chi connectivity index (χ3v) is 3.24. The molecule has 1 rings (SSSR count). The van der Waals surface area contributed by atoms with E-state index in [-0.39, 0.29) is 0 Å². The molecular weight excluding hydrogens is 202 g/mol. The van der Waals surface area contributed by atoms with Crippen molar-refractivity contribution >= 4 is 0 Å². The first kappa shape index (κ1) is 13.5. The molecule has 0 bridgehead atoms. The summed E-state index contributed by atoms with van der Waals surface area (Å²) >= 11 is 0. The number of hydrogen-bond donors (Lipinski definition) is 1. The molecule has 3 heteroatoms. The van der Waals surface area contributed by atoms with Gasteiger partial charge in [0.2, 0.25) is 0 Å². The summed E-state index contributed by atoms with van der Waals surface area (Å²) in [4.78, 5) is 2.27. The summed E-state index contributed by atoms with van der Waals surface area (Å²) < 4.78 is 5.59. The second kappa shape index (κ2) is 6.24. The monoisotopic (exact) mass is 225 g/mol. The van der Waals surface area contributed by atoms with Crippen molar-refractivity contribution in [3.8, 4) is 12.3 Å². The van der Waals surface area contributed by atoms with Crippen LogP contribution in [0, 0.1) is 12.3 Å². The van der Waals surface area contributed by atoms with Crippen LogP contribution in [-0.2, 0) is 4.74 Å². The van der Waals surface area contributed by atoms with Crippen molar-refractivity contribution in [2.24, 2.45) is 0 Å². The average Bonchev–Trinajstić information content (AvgIpc) is 2.79. The number of nitrogens with zero attached hydrogens (tertiary/aromatic N) is 1. The summed E-state index contributed by atoms with van der Waals surface area (Å²) in [6.07, 6.45) is 8.21. The Morgan fingerprint density at radius 3 is 2.62 bits per heavy atom. The molecule has 0 radical (unpaired) electrons. The van der Waals surface area contributed by atoms with Crippen molar-refractivity contribution in [1.29, 1.82) is 0 Å². The van der Waals surface area contributed by atoms with Crippen LogP contribution in [0.25, 0.3) is 0 Å². The van der Waals surface area contributed by atoms with Crippen LogP contribution in [0.1, 0.15) is 33.1 Å². The van der Waals surface area contributed by atoms with E-state index in [4.69, 9.17) is 11.2 Å². The molecule has 0 saturated carbocycles. The van der Waals surface area contributed by atoms with Crippen molar-refractivity contribution in [1.82, 2.24) is 4.90 Å². The highest BCUT2D eigenvalue weighted by molar-refractivity contribution is 5.05. The fraction of sp³-hybridized carbons (Fsp3) is 0.846. The molecule has 92 valence electrons. The number of likely N-dealkylation sites (tertiary alicyclic amines) is 1. The van der Waals surface area contributed by atoms with Gasteiger partial charge in [0.25, 0.3) is 0 Å². The van der Waals surface area contributed by atoms with Crippen molar-refractivity contribution in [2.75, 3.05) is 26.2 Å². The van der Waals surface area contributed by atoms with E-state index in [1.165, 1.54) is 12.8 Å². The SMILES string of the molecule is C#C[C@@](C)(CC)OC[C@@H](O)CN1CCCC1. The summed E-state index contributed by atoms with van der Waals surface area (Å²) in [5, 5.41) is 9.83. The molecule has 1 heterocycles. The lowest BCUT2D eigenvalue weighted by atomic mass is 10.1. The fourth-order valence-electron chi connectivity index (χ4n) is 1.84. The summed E-state index contributed by atoms with van der Waals surface area (Å²) in [6, 6.07) is 0. The van der Waals surface area contributed by atoms with E-state index >= 15 is 0 Å². The minimum atomic E-state index is -0.536. The van der Waals surface area contributed by atoms with E-state index in [0.29, 0.717) is 13.2 Å². The highest BCUT2D eigenvalue weighted by atomic mass is 16.5. The van der Waals surface area contributed by atoms with E-state index in [9.17, 15) is 5.11 Å². The van der Waals surface area contributed by atoms with E-state index in [0.717, 1.165) is 19.5 Å². The van der Waals surface area contributed by atoms with Gasteiger partial charge in [0.1, 0.15) is 5.60 Å². The average molecular weight is 225 g/mol. The molecule has 0 spiro atoms. The van der Waals surface area contributed by atoms with Gasteiger partial charge >= 0.3 is 0 Å². The first-order valence-electron chi connectivity index (χ1n) is 6.12. The topological polar surface area (TPSA) is 32.7 Å². The van der Waals surface area contributed by atoms with Crippen LogP contribution in [0.2, 0.25) is 0 Å². The zero-order chi connectivity index (χ0) is 12.0. The zero-order valence-corrected chi connectivity index (χ0v) is 10.4.